The lowest BCUT2D eigenvalue weighted by Gasteiger charge is -2.12. The number of benzene rings is 1. The van der Waals surface area contributed by atoms with E-state index in [1.807, 2.05) is 31.2 Å². The Balaban J connectivity index is 2.41. The van der Waals surface area contributed by atoms with Crippen LogP contribution in [0.25, 0.3) is 0 Å². The summed E-state index contributed by atoms with van der Waals surface area (Å²) in [5, 5.41) is 15.9. The molecule has 0 aliphatic carbocycles. The number of hydrogen-bond acceptors (Lipinski definition) is 3. The van der Waals surface area contributed by atoms with Crippen LogP contribution in [-0.2, 0) is 17.9 Å². The maximum Gasteiger partial charge on any atom is 0.191 e. The van der Waals surface area contributed by atoms with Gasteiger partial charge in [0.25, 0.3) is 0 Å². The molecule has 0 atom stereocenters. The molecule has 0 heterocycles. The second-order valence-corrected chi connectivity index (χ2v) is 5.87. The Morgan fingerprint density at radius 3 is 2.61 bits per heavy atom. The lowest BCUT2D eigenvalue weighted by Crippen LogP contribution is -2.38. The normalized spacial score (nSPS) is 11.8. The van der Waals surface area contributed by atoms with Crippen LogP contribution in [0.15, 0.2) is 29.3 Å². The zero-order valence-corrected chi connectivity index (χ0v) is 14.6. The van der Waals surface area contributed by atoms with Crippen LogP contribution >= 0.6 is 0 Å². The number of rotatable bonds is 10. The van der Waals surface area contributed by atoms with Crippen molar-refractivity contribution in [2.75, 3.05) is 26.3 Å². The summed E-state index contributed by atoms with van der Waals surface area (Å²) < 4.78 is 5.57. The van der Waals surface area contributed by atoms with Crippen molar-refractivity contribution in [3.8, 4) is 0 Å². The molecule has 0 saturated carbocycles. The zero-order valence-electron chi connectivity index (χ0n) is 14.6. The van der Waals surface area contributed by atoms with Crippen LogP contribution in [0.2, 0.25) is 0 Å². The van der Waals surface area contributed by atoms with E-state index in [4.69, 9.17) is 4.74 Å². The average molecular weight is 321 g/mol. The van der Waals surface area contributed by atoms with Gasteiger partial charge >= 0.3 is 0 Å². The minimum atomic E-state index is 0.0445. The first-order chi connectivity index (χ1) is 11.2. The summed E-state index contributed by atoms with van der Waals surface area (Å²) in [6, 6.07) is 7.82. The van der Waals surface area contributed by atoms with Crippen molar-refractivity contribution in [2.45, 2.75) is 40.3 Å². The third-order valence-corrected chi connectivity index (χ3v) is 3.25. The van der Waals surface area contributed by atoms with Crippen molar-refractivity contribution >= 4 is 5.96 Å². The van der Waals surface area contributed by atoms with Gasteiger partial charge in [-0.1, -0.05) is 38.1 Å². The Hall–Kier alpha value is -1.59. The van der Waals surface area contributed by atoms with Crippen LogP contribution in [0.1, 0.15) is 38.3 Å². The van der Waals surface area contributed by atoms with Crippen molar-refractivity contribution in [3.05, 3.63) is 35.4 Å². The molecule has 5 nitrogen and oxygen atoms in total. The third-order valence-electron chi connectivity index (χ3n) is 3.25. The van der Waals surface area contributed by atoms with Crippen LogP contribution in [0.4, 0.5) is 0 Å². The number of nitrogens with one attached hydrogen (secondary N) is 2. The Kier molecular flexibility index (Phi) is 10.1. The molecule has 0 fully saturated rings. The highest BCUT2D eigenvalue weighted by molar-refractivity contribution is 5.79. The molecule has 130 valence electrons. The van der Waals surface area contributed by atoms with E-state index in [1.54, 1.807) is 0 Å². The molecule has 0 spiro atoms. The molecule has 0 aliphatic heterocycles. The predicted octanol–water partition coefficient (Wildman–Crippen LogP) is 2.30. The summed E-state index contributed by atoms with van der Waals surface area (Å²) in [6.07, 6.45) is 0.949. The number of aliphatic imine (C=N–C) groups is 1. The largest absolute Gasteiger partial charge is 0.392 e. The van der Waals surface area contributed by atoms with Gasteiger partial charge in [-0.3, -0.25) is 0 Å². The van der Waals surface area contributed by atoms with E-state index in [-0.39, 0.29) is 6.61 Å². The fourth-order valence-electron chi connectivity index (χ4n) is 2.07. The van der Waals surface area contributed by atoms with Crippen molar-refractivity contribution in [2.24, 2.45) is 10.9 Å². The molecule has 5 heteroatoms. The van der Waals surface area contributed by atoms with Gasteiger partial charge in [-0.25, -0.2) is 4.99 Å². The molecule has 0 unspecified atom stereocenters. The van der Waals surface area contributed by atoms with E-state index < -0.39 is 0 Å². The molecule has 1 aromatic rings. The maximum absolute atomic E-state index is 9.36. The Morgan fingerprint density at radius 1 is 1.22 bits per heavy atom. The first-order valence-electron chi connectivity index (χ1n) is 8.45. The molecule has 0 radical (unpaired) electrons. The highest BCUT2D eigenvalue weighted by atomic mass is 16.5. The second kappa shape index (κ2) is 11.9. The standard InChI is InChI=1S/C18H31N3O2/c1-4-19-18(20-10-7-11-23-14-15(2)3)21-12-16-8-5-6-9-17(16)13-22/h5-6,8-9,15,22H,4,7,10-14H2,1-3H3,(H2,19,20,21). The van der Waals surface area contributed by atoms with Crippen LogP contribution in [0.3, 0.4) is 0 Å². The lowest BCUT2D eigenvalue weighted by atomic mass is 10.1. The summed E-state index contributed by atoms with van der Waals surface area (Å²) in [7, 11) is 0. The Bertz CT molecular complexity index is 461. The average Bonchev–Trinajstić information content (AvgIpc) is 2.55. The highest BCUT2D eigenvalue weighted by Gasteiger charge is 2.01. The van der Waals surface area contributed by atoms with Gasteiger partial charge in [-0.05, 0) is 30.4 Å². The van der Waals surface area contributed by atoms with Crippen LogP contribution < -0.4 is 10.6 Å². The molecule has 0 amide bonds. The van der Waals surface area contributed by atoms with E-state index in [2.05, 4.69) is 29.5 Å². The van der Waals surface area contributed by atoms with Crippen molar-refractivity contribution in [1.29, 1.82) is 0 Å². The molecule has 23 heavy (non-hydrogen) atoms. The first kappa shape index (κ1) is 19.5. The van der Waals surface area contributed by atoms with Crippen molar-refractivity contribution in [1.82, 2.24) is 10.6 Å². The van der Waals surface area contributed by atoms with Crippen LogP contribution in [-0.4, -0.2) is 37.4 Å². The Labute approximate surface area is 140 Å². The summed E-state index contributed by atoms with van der Waals surface area (Å²) in [5.74, 6) is 1.37. The van der Waals surface area contributed by atoms with E-state index in [1.165, 1.54) is 0 Å². The van der Waals surface area contributed by atoms with E-state index in [9.17, 15) is 5.11 Å². The van der Waals surface area contributed by atoms with Gasteiger partial charge in [0.2, 0.25) is 0 Å². The van der Waals surface area contributed by atoms with Gasteiger partial charge < -0.3 is 20.5 Å². The highest BCUT2D eigenvalue weighted by Crippen LogP contribution is 2.09. The summed E-state index contributed by atoms with van der Waals surface area (Å²) in [6.45, 7) is 10.2. The molecule has 3 N–H and O–H groups in total. The SMILES string of the molecule is CCNC(=NCc1ccccc1CO)NCCCOCC(C)C. The number of aliphatic hydroxyl groups excluding tert-OH is 1. The molecule has 0 aromatic heterocycles. The number of aliphatic hydroxyl groups is 1. The summed E-state index contributed by atoms with van der Waals surface area (Å²) >= 11 is 0. The fourth-order valence-corrected chi connectivity index (χ4v) is 2.07. The van der Waals surface area contributed by atoms with Crippen molar-refractivity contribution in [3.63, 3.8) is 0 Å². The van der Waals surface area contributed by atoms with Crippen LogP contribution in [0.5, 0.6) is 0 Å². The van der Waals surface area contributed by atoms with Gasteiger partial charge in [0.1, 0.15) is 0 Å². The summed E-state index contributed by atoms with van der Waals surface area (Å²) in [5.41, 5.74) is 1.97. The molecule has 1 aromatic carbocycles. The minimum absolute atomic E-state index is 0.0445. The number of hydrogen-bond donors (Lipinski definition) is 3. The molecular formula is C18H31N3O2. The molecule has 0 aliphatic rings. The van der Waals surface area contributed by atoms with Gasteiger partial charge in [0, 0.05) is 26.3 Å². The smallest absolute Gasteiger partial charge is 0.191 e. The van der Waals surface area contributed by atoms with Gasteiger partial charge in [0.15, 0.2) is 5.96 Å². The quantitative estimate of drug-likeness (QED) is 0.351. The first-order valence-corrected chi connectivity index (χ1v) is 8.45. The summed E-state index contributed by atoms with van der Waals surface area (Å²) in [4.78, 5) is 4.58. The lowest BCUT2D eigenvalue weighted by molar-refractivity contribution is 0.108. The Morgan fingerprint density at radius 2 is 1.96 bits per heavy atom. The van der Waals surface area contributed by atoms with E-state index in [0.717, 1.165) is 49.8 Å². The maximum atomic E-state index is 9.36. The molecule has 0 saturated heterocycles. The van der Waals surface area contributed by atoms with Crippen LogP contribution in [0, 0.1) is 5.92 Å². The fraction of sp³-hybridized carbons (Fsp3) is 0.611. The third kappa shape index (κ3) is 8.57. The van der Waals surface area contributed by atoms with Gasteiger partial charge in [-0.15, -0.1) is 0 Å². The molecular weight excluding hydrogens is 290 g/mol. The second-order valence-electron chi connectivity index (χ2n) is 5.87. The number of ether oxygens (including phenoxy) is 1. The molecule has 1 rings (SSSR count). The van der Waals surface area contributed by atoms with E-state index >= 15 is 0 Å². The minimum Gasteiger partial charge on any atom is -0.392 e. The number of guanidine groups is 1. The number of nitrogens with zero attached hydrogens (tertiary/aromatic N) is 1. The van der Waals surface area contributed by atoms with E-state index in [0.29, 0.717) is 12.5 Å². The molecule has 0 bridgehead atoms. The van der Waals surface area contributed by atoms with Gasteiger partial charge in [-0.2, -0.15) is 0 Å². The monoisotopic (exact) mass is 321 g/mol. The predicted molar refractivity (Wildman–Crippen MR) is 95.5 cm³/mol. The zero-order chi connectivity index (χ0) is 16.9. The van der Waals surface area contributed by atoms with Gasteiger partial charge in [0.05, 0.1) is 13.2 Å². The van der Waals surface area contributed by atoms with Crippen molar-refractivity contribution < 1.29 is 9.84 Å². The topological polar surface area (TPSA) is 65.9 Å².